The van der Waals surface area contributed by atoms with E-state index in [4.69, 9.17) is 18.0 Å². The van der Waals surface area contributed by atoms with Gasteiger partial charge in [0.05, 0.1) is 12.4 Å². The predicted octanol–water partition coefficient (Wildman–Crippen LogP) is 1.48. The van der Waals surface area contributed by atoms with Gasteiger partial charge in [0.2, 0.25) is 5.91 Å². The van der Waals surface area contributed by atoms with Gasteiger partial charge >= 0.3 is 0 Å². The molecule has 0 spiro atoms. The molecule has 4 nitrogen and oxygen atoms in total. The van der Waals surface area contributed by atoms with E-state index < -0.39 is 0 Å². The minimum atomic E-state index is -0.195. The van der Waals surface area contributed by atoms with Crippen molar-refractivity contribution in [1.29, 1.82) is 0 Å². The van der Waals surface area contributed by atoms with Gasteiger partial charge in [-0.3, -0.25) is 9.78 Å². The predicted molar refractivity (Wildman–Crippen MR) is 53.7 cm³/mol. The van der Waals surface area contributed by atoms with Gasteiger partial charge in [-0.1, -0.05) is 11.6 Å². The molecule has 1 heterocycles. The highest BCUT2D eigenvalue weighted by Gasteiger charge is 2.02. The number of anilines is 1. The fourth-order valence-electron chi connectivity index (χ4n) is 0.793. The van der Waals surface area contributed by atoms with E-state index in [1.807, 2.05) is 0 Å². The molecule has 0 fully saturated rings. The van der Waals surface area contributed by atoms with Gasteiger partial charge in [-0.2, -0.15) is 0 Å². The molecule has 1 amide bonds. The van der Waals surface area contributed by atoms with Crippen molar-refractivity contribution >= 4 is 23.3 Å². The minimum absolute atomic E-state index is 0.195. The summed E-state index contributed by atoms with van der Waals surface area (Å²) in [7, 11) is 0. The van der Waals surface area contributed by atoms with E-state index in [1.165, 1.54) is 12.4 Å². The number of carbonyl (C=O) groups is 1. The molecule has 0 aliphatic carbocycles. The van der Waals surface area contributed by atoms with Crippen molar-refractivity contribution in [2.75, 3.05) is 5.32 Å². The molecule has 0 saturated heterocycles. The molecular formula is C9H8ClN3O. The third-order valence-electron chi connectivity index (χ3n) is 1.37. The molecule has 0 aliphatic rings. The topological polar surface area (TPSA) is 54.9 Å². The first-order chi connectivity index (χ1) is 6.72. The maximum atomic E-state index is 11.2. The number of terminal acetylenes is 1. The molecule has 72 valence electrons. The number of hydrogen-bond donors (Lipinski definition) is 1. The van der Waals surface area contributed by atoms with Crippen LogP contribution in [0.4, 0.5) is 5.82 Å². The summed E-state index contributed by atoms with van der Waals surface area (Å²) in [5, 5.41) is 2.76. The largest absolute Gasteiger partial charge is 0.309 e. The summed E-state index contributed by atoms with van der Waals surface area (Å²) in [6.07, 6.45) is 8.49. The average molecular weight is 210 g/mol. The molecule has 14 heavy (non-hydrogen) atoms. The highest BCUT2D eigenvalue weighted by atomic mass is 35.5. The lowest BCUT2D eigenvalue weighted by atomic mass is 10.3. The second-order valence-electron chi connectivity index (χ2n) is 2.48. The highest BCUT2D eigenvalue weighted by molar-refractivity contribution is 6.29. The lowest BCUT2D eigenvalue weighted by Crippen LogP contribution is -2.12. The Morgan fingerprint density at radius 2 is 2.43 bits per heavy atom. The maximum absolute atomic E-state index is 11.2. The van der Waals surface area contributed by atoms with E-state index in [0.717, 1.165) is 0 Å². The summed E-state index contributed by atoms with van der Waals surface area (Å²) < 4.78 is 0. The highest BCUT2D eigenvalue weighted by Crippen LogP contribution is 2.06. The molecule has 1 aromatic rings. The monoisotopic (exact) mass is 209 g/mol. The summed E-state index contributed by atoms with van der Waals surface area (Å²) in [4.78, 5) is 18.8. The van der Waals surface area contributed by atoms with Crippen LogP contribution in [0.2, 0.25) is 5.15 Å². The molecule has 0 atom stereocenters. The number of carbonyl (C=O) groups excluding carboxylic acids is 1. The molecule has 0 radical (unpaired) electrons. The van der Waals surface area contributed by atoms with Gasteiger partial charge in [-0.05, 0) is 0 Å². The van der Waals surface area contributed by atoms with Crippen molar-refractivity contribution in [2.45, 2.75) is 12.8 Å². The van der Waals surface area contributed by atoms with E-state index >= 15 is 0 Å². The standard InChI is InChI=1S/C9H8ClN3O/c1-2-3-4-9(14)13-8-6-11-5-7(10)12-8/h1,5-6H,3-4H2,(H,12,13,14). The number of nitrogens with one attached hydrogen (secondary N) is 1. The fraction of sp³-hybridized carbons (Fsp3) is 0.222. The Bertz CT molecular complexity index is 373. The average Bonchev–Trinajstić information content (AvgIpc) is 2.15. The van der Waals surface area contributed by atoms with Crippen LogP contribution in [-0.2, 0) is 4.79 Å². The van der Waals surface area contributed by atoms with Crippen LogP contribution in [0.3, 0.4) is 0 Å². The molecule has 0 unspecified atom stereocenters. The third-order valence-corrected chi connectivity index (χ3v) is 1.55. The Labute approximate surface area is 86.7 Å². The van der Waals surface area contributed by atoms with Crippen molar-refractivity contribution in [1.82, 2.24) is 9.97 Å². The van der Waals surface area contributed by atoms with Crippen LogP contribution in [0.15, 0.2) is 12.4 Å². The van der Waals surface area contributed by atoms with Gasteiger partial charge in [-0.25, -0.2) is 4.98 Å². The normalized spacial score (nSPS) is 9.14. The first kappa shape index (κ1) is 10.5. The first-order valence-corrected chi connectivity index (χ1v) is 4.31. The van der Waals surface area contributed by atoms with Crippen LogP contribution < -0.4 is 5.32 Å². The lowest BCUT2D eigenvalue weighted by Gasteiger charge is -2.01. The molecule has 1 aromatic heterocycles. The van der Waals surface area contributed by atoms with Crippen LogP contribution in [0.25, 0.3) is 0 Å². The quantitative estimate of drug-likeness (QED) is 0.768. The van der Waals surface area contributed by atoms with Gasteiger partial charge < -0.3 is 5.32 Å². The van der Waals surface area contributed by atoms with Crippen LogP contribution >= 0.6 is 11.6 Å². The van der Waals surface area contributed by atoms with Crippen LogP contribution in [0.1, 0.15) is 12.8 Å². The molecule has 1 N–H and O–H groups in total. The van der Waals surface area contributed by atoms with E-state index in [9.17, 15) is 4.79 Å². The van der Waals surface area contributed by atoms with Gasteiger partial charge in [0.15, 0.2) is 5.82 Å². The Balaban J connectivity index is 2.53. The maximum Gasteiger partial charge on any atom is 0.226 e. The lowest BCUT2D eigenvalue weighted by molar-refractivity contribution is -0.116. The molecule has 0 aromatic carbocycles. The summed E-state index contributed by atoms with van der Waals surface area (Å²) in [6, 6.07) is 0. The Kier molecular flexibility index (Phi) is 3.89. The van der Waals surface area contributed by atoms with E-state index in [-0.39, 0.29) is 17.5 Å². The molecule has 0 aliphatic heterocycles. The number of nitrogens with zero attached hydrogens (tertiary/aromatic N) is 2. The van der Waals surface area contributed by atoms with Crippen LogP contribution in [-0.4, -0.2) is 15.9 Å². The smallest absolute Gasteiger partial charge is 0.226 e. The molecular weight excluding hydrogens is 202 g/mol. The van der Waals surface area contributed by atoms with Gasteiger partial charge in [0.1, 0.15) is 5.15 Å². The zero-order chi connectivity index (χ0) is 10.4. The van der Waals surface area contributed by atoms with E-state index in [2.05, 4.69) is 21.2 Å². The molecule has 1 rings (SSSR count). The van der Waals surface area contributed by atoms with Crippen molar-refractivity contribution in [3.8, 4) is 12.3 Å². The second-order valence-corrected chi connectivity index (χ2v) is 2.87. The Morgan fingerprint density at radius 1 is 1.64 bits per heavy atom. The van der Waals surface area contributed by atoms with Crippen molar-refractivity contribution in [3.63, 3.8) is 0 Å². The van der Waals surface area contributed by atoms with Crippen molar-refractivity contribution in [2.24, 2.45) is 0 Å². The van der Waals surface area contributed by atoms with Gasteiger partial charge in [0, 0.05) is 12.8 Å². The number of halogens is 1. The zero-order valence-electron chi connectivity index (χ0n) is 7.33. The molecule has 0 bridgehead atoms. The summed E-state index contributed by atoms with van der Waals surface area (Å²) in [5.41, 5.74) is 0. The second kappa shape index (κ2) is 5.20. The summed E-state index contributed by atoms with van der Waals surface area (Å²) in [5.74, 6) is 2.51. The van der Waals surface area contributed by atoms with Gasteiger partial charge in [0.25, 0.3) is 0 Å². The van der Waals surface area contributed by atoms with Crippen molar-refractivity contribution < 1.29 is 4.79 Å². The SMILES string of the molecule is C#CCCC(=O)Nc1cncc(Cl)n1. The van der Waals surface area contributed by atoms with Crippen LogP contribution in [0, 0.1) is 12.3 Å². The fourth-order valence-corrected chi connectivity index (χ4v) is 0.941. The third kappa shape index (κ3) is 3.42. The number of hydrogen-bond acceptors (Lipinski definition) is 3. The zero-order valence-corrected chi connectivity index (χ0v) is 8.08. The summed E-state index contributed by atoms with van der Waals surface area (Å²) in [6.45, 7) is 0. The Hall–Kier alpha value is -1.60. The van der Waals surface area contributed by atoms with Gasteiger partial charge in [-0.15, -0.1) is 12.3 Å². The number of amides is 1. The molecule has 0 saturated carbocycles. The first-order valence-electron chi connectivity index (χ1n) is 3.93. The number of aromatic nitrogens is 2. The molecule has 5 heteroatoms. The van der Waals surface area contributed by atoms with Crippen LogP contribution in [0.5, 0.6) is 0 Å². The van der Waals surface area contributed by atoms with E-state index in [1.54, 1.807) is 0 Å². The Morgan fingerprint density at radius 3 is 3.07 bits per heavy atom. The number of rotatable bonds is 3. The minimum Gasteiger partial charge on any atom is -0.309 e. The van der Waals surface area contributed by atoms with E-state index in [0.29, 0.717) is 12.2 Å². The van der Waals surface area contributed by atoms with Crippen molar-refractivity contribution in [3.05, 3.63) is 17.5 Å². The summed E-state index contributed by atoms with van der Waals surface area (Å²) >= 11 is 5.58.